The van der Waals surface area contributed by atoms with Crippen LogP contribution in [0, 0.1) is 18.3 Å². The number of aryl methyl sites for hydroxylation is 1. The molecule has 3 rings (SSSR count). The maximum Gasteiger partial charge on any atom is 0.256 e. The zero-order valence-electron chi connectivity index (χ0n) is 14.6. The highest BCUT2D eigenvalue weighted by Gasteiger charge is 2.15. The second-order valence-electron chi connectivity index (χ2n) is 5.82. The largest absolute Gasteiger partial charge is 0.496 e. The topological polar surface area (TPSA) is 79.9 Å². The Labute approximate surface area is 151 Å². The van der Waals surface area contributed by atoms with Crippen molar-refractivity contribution in [2.75, 3.05) is 12.4 Å². The first-order chi connectivity index (χ1) is 12.6. The van der Waals surface area contributed by atoms with Crippen molar-refractivity contribution in [3.05, 3.63) is 77.2 Å². The number of anilines is 1. The van der Waals surface area contributed by atoms with Crippen molar-refractivity contribution >= 4 is 11.7 Å². The first-order valence-corrected chi connectivity index (χ1v) is 8.07. The quantitative estimate of drug-likeness (QED) is 0.768. The molecule has 0 aliphatic rings. The highest BCUT2D eigenvalue weighted by molar-refractivity contribution is 6.04. The molecule has 0 saturated carbocycles. The highest BCUT2D eigenvalue weighted by atomic mass is 16.5. The van der Waals surface area contributed by atoms with E-state index in [1.54, 1.807) is 23.8 Å². The van der Waals surface area contributed by atoms with Crippen LogP contribution >= 0.6 is 0 Å². The van der Waals surface area contributed by atoms with Gasteiger partial charge in [-0.25, -0.2) is 4.98 Å². The summed E-state index contributed by atoms with van der Waals surface area (Å²) in [6, 6.07) is 16.9. The fraction of sp³-hybridized carbons (Fsp3) is 0.150. The van der Waals surface area contributed by atoms with Gasteiger partial charge in [0.25, 0.3) is 5.91 Å². The minimum atomic E-state index is -0.298. The van der Waals surface area contributed by atoms with Gasteiger partial charge in [-0.2, -0.15) is 5.26 Å². The van der Waals surface area contributed by atoms with E-state index >= 15 is 0 Å². The Morgan fingerprint density at radius 1 is 1.27 bits per heavy atom. The molecule has 0 fully saturated rings. The van der Waals surface area contributed by atoms with Crippen molar-refractivity contribution < 1.29 is 9.53 Å². The normalized spacial score (nSPS) is 10.2. The number of imidazole rings is 1. The average Bonchev–Trinajstić information content (AvgIpc) is 3.03. The third kappa shape index (κ3) is 3.57. The summed E-state index contributed by atoms with van der Waals surface area (Å²) in [4.78, 5) is 16.6. The number of carbonyl (C=O) groups excluding carboxylic acids is 1. The van der Waals surface area contributed by atoms with Crippen LogP contribution in [0.15, 0.2) is 54.9 Å². The first kappa shape index (κ1) is 17.2. The molecule has 1 N–H and O–H groups in total. The monoisotopic (exact) mass is 346 g/mol. The highest BCUT2D eigenvalue weighted by Crippen LogP contribution is 2.21. The van der Waals surface area contributed by atoms with E-state index in [1.807, 2.05) is 43.3 Å². The Morgan fingerprint density at radius 2 is 2.08 bits per heavy atom. The van der Waals surface area contributed by atoms with Gasteiger partial charge in [-0.05, 0) is 25.1 Å². The molecule has 2 aromatic carbocycles. The Kier molecular flexibility index (Phi) is 4.99. The summed E-state index contributed by atoms with van der Waals surface area (Å²) in [6.45, 7) is 2.33. The van der Waals surface area contributed by atoms with Gasteiger partial charge in [-0.1, -0.05) is 35.9 Å². The van der Waals surface area contributed by atoms with Gasteiger partial charge in [0.1, 0.15) is 11.8 Å². The molecule has 0 radical (unpaired) electrons. The van der Waals surface area contributed by atoms with Crippen molar-refractivity contribution in [2.24, 2.45) is 0 Å². The van der Waals surface area contributed by atoms with E-state index in [4.69, 9.17) is 4.74 Å². The number of ether oxygens (including phenoxy) is 1. The van der Waals surface area contributed by atoms with Crippen LogP contribution in [-0.2, 0) is 6.54 Å². The molecule has 0 atom stereocenters. The van der Waals surface area contributed by atoms with Gasteiger partial charge in [-0.15, -0.1) is 0 Å². The van der Waals surface area contributed by atoms with Crippen molar-refractivity contribution in [2.45, 2.75) is 13.5 Å². The van der Waals surface area contributed by atoms with Crippen LogP contribution in [0.2, 0.25) is 0 Å². The maximum atomic E-state index is 12.4. The Hall–Kier alpha value is -3.59. The van der Waals surface area contributed by atoms with Gasteiger partial charge in [0.2, 0.25) is 0 Å². The van der Waals surface area contributed by atoms with E-state index < -0.39 is 0 Å². The third-order valence-corrected chi connectivity index (χ3v) is 3.99. The number of methoxy groups -OCH3 is 1. The molecule has 1 amide bonds. The van der Waals surface area contributed by atoms with Crippen molar-refractivity contribution in [1.29, 1.82) is 5.26 Å². The summed E-state index contributed by atoms with van der Waals surface area (Å²) in [5.41, 5.74) is 2.71. The first-order valence-electron chi connectivity index (χ1n) is 8.07. The predicted octanol–water partition coefficient (Wildman–Crippen LogP) is 3.37. The molecule has 130 valence electrons. The van der Waals surface area contributed by atoms with Gasteiger partial charge in [0, 0.05) is 11.1 Å². The molecule has 26 heavy (non-hydrogen) atoms. The summed E-state index contributed by atoms with van der Waals surface area (Å²) >= 11 is 0. The Morgan fingerprint density at radius 3 is 2.81 bits per heavy atom. The molecule has 0 spiro atoms. The lowest BCUT2D eigenvalue weighted by Gasteiger charge is -2.09. The fourth-order valence-corrected chi connectivity index (χ4v) is 2.69. The number of hydrogen-bond acceptors (Lipinski definition) is 4. The van der Waals surface area contributed by atoms with Crippen molar-refractivity contribution in [1.82, 2.24) is 9.55 Å². The van der Waals surface area contributed by atoms with E-state index in [0.717, 1.165) is 16.9 Å². The predicted molar refractivity (Wildman–Crippen MR) is 98.2 cm³/mol. The van der Waals surface area contributed by atoms with Crippen LogP contribution in [0.4, 0.5) is 5.82 Å². The number of hydrogen-bond donors (Lipinski definition) is 1. The maximum absolute atomic E-state index is 12.4. The number of nitriles is 1. The van der Waals surface area contributed by atoms with Crippen LogP contribution in [0.3, 0.4) is 0 Å². The summed E-state index contributed by atoms with van der Waals surface area (Å²) in [6.07, 6.45) is 1.54. The molecule has 6 nitrogen and oxygen atoms in total. The molecule has 1 aromatic heterocycles. The third-order valence-electron chi connectivity index (χ3n) is 3.99. The second-order valence-corrected chi connectivity index (χ2v) is 5.82. The Balaban J connectivity index is 1.85. The number of aromatic nitrogens is 2. The minimum Gasteiger partial charge on any atom is -0.496 e. The standard InChI is InChI=1S/C20H18N4O2/c1-14-6-5-8-15(10-14)20(25)23-19-17(11-21)24(13-22-19)12-16-7-3-4-9-18(16)26-2/h3-10,13H,12H2,1-2H3,(H,23,25). The number of amides is 1. The summed E-state index contributed by atoms with van der Waals surface area (Å²) in [5, 5.41) is 12.2. The lowest BCUT2D eigenvalue weighted by molar-refractivity contribution is 0.102. The lowest BCUT2D eigenvalue weighted by atomic mass is 10.1. The fourth-order valence-electron chi connectivity index (χ4n) is 2.69. The van der Waals surface area contributed by atoms with Crippen molar-refractivity contribution in [3.8, 4) is 11.8 Å². The van der Waals surface area contributed by atoms with E-state index in [2.05, 4.69) is 16.4 Å². The number of nitrogens with zero attached hydrogens (tertiary/aromatic N) is 3. The lowest BCUT2D eigenvalue weighted by Crippen LogP contribution is -2.13. The number of rotatable bonds is 5. The van der Waals surface area contributed by atoms with Gasteiger partial charge < -0.3 is 14.6 Å². The number of benzene rings is 2. The minimum absolute atomic E-state index is 0.244. The average molecular weight is 346 g/mol. The number of carbonyl (C=O) groups is 1. The zero-order chi connectivity index (χ0) is 18.5. The van der Waals surface area contributed by atoms with Crippen LogP contribution < -0.4 is 10.1 Å². The smallest absolute Gasteiger partial charge is 0.256 e. The van der Waals surface area contributed by atoms with Crippen LogP contribution in [-0.4, -0.2) is 22.6 Å². The molecular formula is C20H18N4O2. The van der Waals surface area contributed by atoms with Crippen LogP contribution in [0.25, 0.3) is 0 Å². The van der Waals surface area contributed by atoms with Crippen molar-refractivity contribution in [3.63, 3.8) is 0 Å². The zero-order valence-corrected chi connectivity index (χ0v) is 14.6. The molecule has 0 saturated heterocycles. The molecule has 0 aliphatic carbocycles. The van der Waals surface area contributed by atoms with Gasteiger partial charge >= 0.3 is 0 Å². The van der Waals surface area contributed by atoms with E-state index in [-0.39, 0.29) is 17.4 Å². The molecule has 3 aromatic rings. The second kappa shape index (κ2) is 7.53. The van der Waals surface area contributed by atoms with Gasteiger partial charge in [-0.3, -0.25) is 4.79 Å². The summed E-state index contributed by atoms with van der Waals surface area (Å²) in [5.74, 6) is 0.678. The molecule has 6 heteroatoms. The molecule has 0 unspecified atom stereocenters. The van der Waals surface area contributed by atoms with Crippen LogP contribution in [0.5, 0.6) is 5.75 Å². The van der Waals surface area contributed by atoms with E-state index in [1.165, 1.54) is 6.33 Å². The molecule has 0 bridgehead atoms. The Bertz CT molecular complexity index is 985. The van der Waals surface area contributed by atoms with Gasteiger partial charge in [0.05, 0.1) is 20.0 Å². The molecule has 0 aliphatic heterocycles. The molecular weight excluding hydrogens is 328 g/mol. The van der Waals surface area contributed by atoms with E-state index in [0.29, 0.717) is 12.1 Å². The summed E-state index contributed by atoms with van der Waals surface area (Å²) in [7, 11) is 1.60. The molecule has 1 heterocycles. The van der Waals surface area contributed by atoms with Gasteiger partial charge in [0.15, 0.2) is 11.5 Å². The van der Waals surface area contributed by atoms with Crippen LogP contribution in [0.1, 0.15) is 27.2 Å². The number of nitrogens with one attached hydrogen (secondary N) is 1. The van der Waals surface area contributed by atoms with E-state index in [9.17, 15) is 10.1 Å². The summed E-state index contributed by atoms with van der Waals surface area (Å²) < 4.78 is 7.03. The number of para-hydroxylation sites is 1. The SMILES string of the molecule is COc1ccccc1Cn1cnc(NC(=O)c2cccc(C)c2)c1C#N.